The molecule has 0 radical (unpaired) electrons. The Kier molecular flexibility index (Phi) is 1.85. The second kappa shape index (κ2) is 3.24. The van der Waals surface area contributed by atoms with Crippen LogP contribution in [0.25, 0.3) is 21.8 Å². The first kappa shape index (κ1) is 9.71. The van der Waals surface area contributed by atoms with Crippen molar-refractivity contribution < 1.29 is 4.74 Å². The lowest BCUT2D eigenvalue weighted by atomic mass is 10.2. The number of rotatable bonds is 1. The zero-order valence-corrected chi connectivity index (χ0v) is 8.96. The van der Waals surface area contributed by atoms with Crippen LogP contribution in [0.1, 0.15) is 0 Å². The molecule has 6 nitrogen and oxygen atoms in total. The fourth-order valence-corrected chi connectivity index (χ4v) is 1.94. The largest absolute Gasteiger partial charge is 0.497 e. The standard InChI is InChI=1S/C11H9N3O3/c1-17-5-2-3-7-6(4-5)8-9(12-7)11(16)14-13-10(8)15/h2-4,12H,1H3,(H,13,15)(H,14,16). The SMILES string of the molecule is COc1ccc2[nH]c3c(=O)[nH][nH]c(=O)c3c2c1. The molecular weight excluding hydrogens is 222 g/mol. The quantitative estimate of drug-likeness (QED) is 0.576. The fourth-order valence-electron chi connectivity index (χ4n) is 1.94. The predicted molar refractivity (Wildman–Crippen MR) is 63.6 cm³/mol. The Hall–Kier alpha value is -2.50. The monoisotopic (exact) mass is 231 g/mol. The van der Waals surface area contributed by atoms with E-state index in [0.29, 0.717) is 16.5 Å². The Balaban J connectivity index is 2.62. The van der Waals surface area contributed by atoms with Crippen molar-refractivity contribution >= 4 is 21.8 Å². The highest BCUT2D eigenvalue weighted by atomic mass is 16.5. The maximum Gasteiger partial charge on any atom is 0.286 e. The van der Waals surface area contributed by atoms with Crippen LogP contribution < -0.4 is 15.9 Å². The summed E-state index contributed by atoms with van der Waals surface area (Å²) in [5.41, 5.74) is 0.314. The van der Waals surface area contributed by atoms with Gasteiger partial charge in [0.15, 0.2) is 0 Å². The second-order valence-corrected chi connectivity index (χ2v) is 3.69. The van der Waals surface area contributed by atoms with Crippen molar-refractivity contribution in [2.45, 2.75) is 0 Å². The number of aromatic amines is 3. The van der Waals surface area contributed by atoms with Crippen molar-refractivity contribution in [1.29, 1.82) is 0 Å². The van der Waals surface area contributed by atoms with E-state index >= 15 is 0 Å². The van der Waals surface area contributed by atoms with Gasteiger partial charge in [0, 0.05) is 10.9 Å². The maximum atomic E-state index is 11.7. The van der Waals surface area contributed by atoms with E-state index in [-0.39, 0.29) is 16.6 Å². The van der Waals surface area contributed by atoms with Gasteiger partial charge in [-0.3, -0.25) is 19.8 Å². The molecular formula is C11H9N3O3. The molecule has 0 unspecified atom stereocenters. The smallest absolute Gasteiger partial charge is 0.286 e. The van der Waals surface area contributed by atoms with Crippen LogP contribution in [-0.4, -0.2) is 22.3 Å². The molecule has 0 atom stereocenters. The van der Waals surface area contributed by atoms with Gasteiger partial charge >= 0.3 is 0 Å². The van der Waals surface area contributed by atoms with Gasteiger partial charge in [-0.15, -0.1) is 0 Å². The van der Waals surface area contributed by atoms with Gasteiger partial charge in [-0.1, -0.05) is 0 Å². The number of methoxy groups -OCH3 is 1. The predicted octanol–water partition coefficient (Wildman–Crippen LogP) is 0.706. The summed E-state index contributed by atoms with van der Waals surface area (Å²) in [6, 6.07) is 5.26. The zero-order chi connectivity index (χ0) is 12.0. The molecule has 0 fully saturated rings. The first-order valence-corrected chi connectivity index (χ1v) is 5.01. The number of aromatic nitrogens is 3. The highest BCUT2D eigenvalue weighted by Crippen LogP contribution is 2.24. The number of benzene rings is 1. The van der Waals surface area contributed by atoms with Crippen molar-refractivity contribution in [1.82, 2.24) is 15.2 Å². The van der Waals surface area contributed by atoms with Crippen molar-refractivity contribution in [2.24, 2.45) is 0 Å². The second-order valence-electron chi connectivity index (χ2n) is 3.69. The van der Waals surface area contributed by atoms with Crippen LogP contribution in [0.5, 0.6) is 5.75 Å². The van der Waals surface area contributed by atoms with E-state index in [4.69, 9.17) is 4.74 Å². The number of hydrogen-bond donors (Lipinski definition) is 3. The van der Waals surface area contributed by atoms with Crippen molar-refractivity contribution in [2.75, 3.05) is 7.11 Å². The summed E-state index contributed by atoms with van der Waals surface area (Å²) < 4.78 is 5.10. The number of ether oxygens (including phenoxy) is 1. The van der Waals surface area contributed by atoms with Crippen LogP contribution in [0.15, 0.2) is 27.8 Å². The van der Waals surface area contributed by atoms with Crippen LogP contribution in [0.4, 0.5) is 0 Å². The van der Waals surface area contributed by atoms with E-state index in [1.54, 1.807) is 25.3 Å². The molecule has 17 heavy (non-hydrogen) atoms. The lowest BCUT2D eigenvalue weighted by molar-refractivity contribution is 0.415. The topological polar surface area (TPSA) is 90.7 Å². The van der Waals surface area contributed by atoms with E-state index < -0.39 is 0 Å². The maximum absolute atomic E-state index is 11.7. The average molecular weight is 231 g/mol. The summed E-state index contributed by atoms with van der Waals surface area (Å²) in [7, 11) is 1.55. The molecule has 0 aliphatic carbocycles. The summed E-state index contributed by atoms with van der Waals surface area (Å²) in [6.07, 6.45) is 0. The Morgan fingerprint density at radius 3 is 2.65 bits per heavy atom. The van der Waals surface area contributed by atoms with E-state index in [1.165, 1.54) is 0 Å². The molecule has 0 aliphatic rings. The van der Waals surface area contributed by atoms with Crippen LogP contribution in [0.2, 0.25) is 0 Å². The van der Waals surface area contributed by atoms with E-state index in [0.717, 1.165) is 5.52 Å². The van der Waals surface area contributed by atoms with Crippen molar-refractivity contribution in [3.8, 4) is 5.75 Å². The fraction of sp³-hybridized carbons (Fsp3) is 0.0909. The number of nitrogens with one attached hydrogen (secondary N) is 3. The number of H-pyrrole nitrogens is 3. The minimum absolute atomic E-state index is 0.275. The van der Waals surface area contributed by atoms with Crippen molar-refractivity contribution in [3.05, 3.63) is 38.9 Å². The molecule has 3 N–H and O–H groups in total. The molecule has 0 amide bonds. The molecule has 86 valence electrons. The number of hydrogen-bond acceptors (Lipinski definition) is 3. The van der Waals surface area contributed by atoms with Crippen LogP contribution in [0.3, 0.4) is 0 Å². The molecule has 2 heterocycles. The molecule has 3 aromatic rings. The summed E-state index contributed by atoms with van der Waals surface area (Å²) in [5, 5.41) is 5.60. The van der Waals surface area contributed by atoms with Crippen LogP contribution in [0, 0.1) is 0 Å². The molecule has 0 spiro atoms. The van der Waals surface area contributed by atoms with Gasteiger partial charge < -0.3 is 9.72 Å². The first-order valence-electron chi connectivity index (χ1n) is 5.01. The van der Waals surface area contributed by atoms with Crippen LogP contribution in [-0.2, 0) is 0 Å². The molecule has 6 heteroatoms. The third kappa shape index (κ3) is 1.27. The lowest BCUT2D eigenvalue weighted by Gasteiger charge is -1.98. The minimum Gasteiger partial charge on any atom is -0.497 e. The van der Waals surface area contributed by atoms with Gasteiger partial charge in [0.25, 0.3) is 11.1 Å². The van der Waals surface area contributed by atoms with Gasteiger partial charge in [0.2, 0.25) is 0 Å². The van der Waals surface area contributed by atoms with E-state index in [1.807, 2.05) is 0 Å². The third-order valence-corrected chi connectivity index (χ3v) is 2.75. The molecule has 0 saturated carbocycles. The van der Waals surface area contributed by atoms with Gasteiger partial charge in [0.1, 0.15) is 11.3 Å². The summed E-state index contributed by atoms with van der Waals surface area (Å²) in [6.45, 7) is 0. The summed E-state index contributed by atoms with van der Waals surface area (Å²) >= 11 is 0. The molecule has 1 aromatic carbocycles. The Morgan fingerprint density at radius 2 is 1.88 bits per heavy atom. The summed E-state index contributed by atoms with van der Waals surface area (Å²) in [5.74, 6) is 0.637. The van der Waals surface area contributed by atoms with E-state index in [9.17, 15) is 9.59 Å². The van der Waals surface area contributed by atoms with Gasteiger partial charge in [0.05, 0.1) is 12.5 Å². The lowest BCUT2D eigenvalue weighted by Crippen LogP contribution is -2.18. The molecule has 2 aromatic heterocycles. The Labute approximate surface area is 94.2 Å². The van der Waals surface area contributed by atoms with Gasteiger partial charge in [-0.2, -0.15) is 0 Å². The highest BCUT2D eigenvalue weighted by molar-refractivity contribution is 6.06. The first-order chi connectivity index (χ1) is 8.20. The Bertz CT molecular complexity index is 825. The molecule has 3 rings (SSSR count). The van der Waals surface area contributed by atoms with Crippen LogP contribution >= 0.6 is 0 Å². The normalized spacial score (nSPS) is 11.1. The number of fused-ring (bicyclic) bond motifs is 3. The van der Waals surface area contributed by atoms with E-state index in [2.05, 4.69) is 15.2 Å². The Morgan fingerprint density at radius 1 is 1.12 bits per heavy atom. The van der Waals surface area contributed by atoms with Gasteiger partial charge in [-0.25, -0.2) is 0 Å². The molecule has 0 saturated heterocycles. The molecule has 0 bridgehead atoms. The van der Waals surface area contributed by atoms with Crippen molar-refractivity contribution in [3.63, 3.8) is 0 Å². The summed E-state index contributed by atoms with van der Waals surface area (Å²) in [4.78, 5) is 26.2. The molecule has 0 aliphatic heterocycles. The highest BCUT2D eigenvalue weighted by Gasteiger charge is 2.11. The average Bonchev–Trinajstić information content (AvgIpc) is 2.73. The third-order valence-electron chi connectivity index (χ3n) is 2.75. The van der Waals surface area contributed by atoms with Gasteiger partial charge in [-0.05, 0) is 18.2 Å². The zero-order valence-electron chi connectivity index (χ0n) is 8.96. The minimum atomic E-state index is -0.352.